The minimum Gasteiger partial charge on any atom is -0.378 e. The minimum absolute atomic E-state index is 0.0144. The third-order valence-corrected chi connectivity index (χ3v) is 2.45. The van der Waals surface area contributed by atoms with E-state index < -0.39 is 0 Å². The van der Waals surface area contributed by atoms with E-state index in [2.05, 4.69) is 10.6 Å². The van der Waals surface area contributed by atoms with Crippen molar-refractivity contribution in [3.63, 3.8) is 0 Å². The van der Waals surface area contributed by atoms with Gasteiger partial charge in [-0.15, -0.1) is 0 Å². The number of aldehydes is 1. The van der Waals surface area contributed by atoms with Crippen molar-refractivity contribution in [1.82, 2.24) is 10.6 Å². The number of allylic oxidation sites excluding steroid dienone is 5. The molecule has 1 aliphatic heterocycles. The first-order valence-electron chi connectivity index (χ1n) is 5.06. The summed E-state index contributed by atoms with van der Waals surface area (Å²) in [5.74, 6) is -0.0643. The van der Waals surface area contributed by atoms with E-state index in [1.807, 2.05) is 18.2 Å². The summed E-state index contributed by atoms with van der Waals surface area (Å²) >= 11 is 0. The van der Waals surface area contributed by atoms with Gasteiger partial charge in [-0.3, -0.25) is 4.79 Å². The lowest BCUT2D eigenvalue weighted by atomic mass is 9.96. The molecule has 16 heavy (non-hydrogen) atoms. The molecule has 0 aromatic carbocycles. The molecule has 1 heterocycles. The predicted octanol–water partition coefficient (Wildman–Crippen LogP) is 0.415. The van der Waals surface area contributed by atoms with Crippen LogP contribution in [0.2, 0.25) is 0 Å². The third kappa shape index (κ3) is 2.11. The molecule has 0 aromatic heterocycles. The zero-order valence-corrected chi connectivity index (χ0v) is 8.64. The lowest BCUT2D eigenvalue weighted by Gasteiger charge is -2.15. The molecule has 0 spiro atoms. The molecule has 0 saturated heterocycles. The van der Waals surface area contributed by atoms with E-state index in [9.17, 15) is 9.59 Å². The molecule has 2 N–H and O–H groups in total. The van der Waals surface area contributed by atoms with Gasteiger partial charge in [-0.2, -0.15) is 0 Å². The molecule has 82 valence electrons. The predicted molar refractivity (Wildman–Crippen MR) is 60.1 cm³/mol. The SMILES string of the molecule is O=CCNC1=CC=C2C(=O)NC=CC2C=C1. The molecule has 1 amide bonds. The molecular formula is C12H12N2O2. The number of hydrogen-bond acceptors (Lipinski definition) is 3. The summed E-state index contributed by atoms with van der Waals surface area (Å²) in [6.45, 7) is 0.270. The van der Waals surface area contributed by atoms with Crippen LogP contribution in [0.25, 0.3) is 0 Å². The molecule has 1 unspecified atom stereocenters. The highest BCUT2D eigenvalue weighted by atomic mass is 16.1. The molecule has 1 aliphatic carbocycles. The van der Waals surface area contributed by atoms with Crippen molar-refractivity contribution >= 4 is 12.2 Å². The topological polar surface area (TPSA) is 58.2 Å². The standard InChI is InChI=1S/C12H12N2O2/c15-8-7-13-10-2-1-9-5-6-14-12(16)11(9)4-3-10/h1-6,8-9,13H,7H2,(H,14,16). The zero-order chi connectivity index (χ0) is 11.4. The number of fused-ring (bicyclic) bond motifs is 1. The second-order valence-corrected chi connectivity index (χ2v) is 3.51. The molecule has 0 bridgehead atoms. The third-order valence-electron chi connectivity index (χ3n) is 2.45. The van der Waals surface area contributed by atoms with Crippen molar-refractivity contribution < 1.29 is 9.59 Å². The Labute approximate surface area is 93.4 Å². The summed E-state index contributed by atoms with van der Waals surface area (Å²) in [7, 11) is 0. The van der Waals surface area contributed by atoms with E-state index in [4.69, 9.17) is 0 Å². The Morgan fingerprint density at radius 1 is 1.38 bits per heavy atom. The smallest absolute Gasteiger partial charge is 0.252 e. The van der Waals surface area contributed by atoms with Gasteiger partial charge in [0, 0.05) is 23.4 Å². The number of nitrogens with one attached hydrogen (secondary N) is 2. The first kappa shape index (κ1) is 10.4. The van der Waals surface area contributed by atoms with E-state index in [0.29, 0.717) is 5.57 Å². The Morgan fingerprint density at radius 3 is 3.06 bits per heavy atom. The van der Waals surface area contributed by atoms with Crippen LogP contribution in [0.1, 0.15) is 0 Å². The van der Waals surface area contributed by atoms with Crippen LogP contribution < -0.4 is 10.6 Å². The summed E-state index contributed by atoms with van der Waals surface area (Å²) in [5.41, 5.74) is 1.54. The molecule has 2 rings (SSSR count). The Bertz CT molecular complexity index is 430. The summed E-state index contributed by atoms with van der Waals surface area (Å²) < 4.78 is 0. The Morgan fingerprint density at radius 2 is 2.25 bits per heavy atom. The molecule has 0 fully saturated rings. The van der Waals surface area contributed by atoms with Crippen LogP contribution in [0, 0.1) is 5.92 Å². The number of rotatable bonds is 3. The zero-order valence-electron chi connectivity index (χ0n) is 8.64. The van der Waals surface area contributed by atoms with Gasteiger partial charge in [0.1, 0.15) is 6.29 Å². The molecule has 4 nitrogen and oxygen atoms in total. The molecule has 2 aliphatic rings. The highest BCUT2D eigenvalue weighted by Gasteiger charge is 2.19. The van der Waals surface area contributed by atoms with E-state index in [1.54, 1.807) is 18.4 Å². The number of hydrogen-bond donors (Lipinski definition) is 2. The fraction of sp³-hybridized carbons (Fsp3) is 0.167. The summed E-state index contributed by atoms with van der Waals surface area (Å²) in [6.07, 6.45) is 11.7. The van der Waals surface area contributed by atoms with Crippen molar-refractivity contribution in [2.24, 2.45) is 5.92 Å². The lowest BCUT2D eigenvalue weighted by molar-refractivity contribution is -0.117. The maximum absolute atomic E-state index is 11.5. The normalized spacial score (nSPS) is 22.5. The first-order chi connectivity index (χ1) is 7.81. The van der Waals surface area contributed by atoms with E-state index in [0.717, 1.165) is 12.0 Å². The van der Waals surface area contributed by atoms with Crippen LogP contribution in [0.4, 0.5) is 0 Å². The summed E-state index contributed by atoms with van der Waals surface area (Å²) in [4.78, 5) is 21.8. The second kappa shape index (κ2) is 4.61. The van der Waals surface area contributed by atoms with Crippen LogP contribution >= 0.6 is 0 Å². The molecule has 0 aromatic rings. The monoisotopic (exact) mass is 216 g/mol. The number of carbonyl (C=O) groups excluding carboxylic acids is 2. The molecular weight excluding hydrogens is 204 g/mol. The van der Waals surface area contributed by atoms with Gasteiger partial charge >= 0.3 is 0 Å². The first-order valence-corrected chi connectivity index (χ1v) is 5.06. The van der Waals surface area contributed by atoms with Gasteiger partial charge in [0.15, 0.2) is 0 Å². The van der Waals surface area contributed by atoms with Gasteiger partial charge in [0.25, 0.3) is 5.91 Å². The van der Waals surface area contributed by atoms with Crippen LogP contribution in [-0.4, -0.2) is 18.7 Å². The maximum Gasteiger partial charge on any atom is 0.252 e. The van der Waals surface area contributed by atoms with Gasteiger partial charge in [-0.25, -0.2) is 0 Å². The van der Waals surface area contributed by atoms with Crippen molar-refractivity contribution in [3.8, 4) is 0 Å². The Balaban J connectivity index is 2.21. The lowest BCUT2D eigenvalue weighted by Crippen LogP contribution is -2.26. The van der Waals surface area contributed by atoms with Gasteiger partial charge < -0.3 is 15.4 Å². The molecule has 1 atom stereocenters. The van der Waals surface area contributed by atoms with Gasteiger partial charge in [-0.1, -0.05) is 18.2 Å². The molecule has 4 heteroatoms. The van der Waals surface area contributed by atoms with Crippen LogP contribution in [-0.2, 0) is 9.59 Å². The van der Waals surface area contributed by atoms with Gasteiger partial charge in [0.05, 0.1) is 6.54 Å². The van der Waals surface area contributed by atoms with Crippen molar-refractivity contribution in [3.05, 3.63) is 47.9 Å². The van der Waals surface area contributed by atoms with Gasteiger partial charge in [0.2, 0.25) is 0 Å². The Hall–Kier alpha value is -2.10. The molecule has 0 saturated carbocycles. The largest absolute Gasteiger partial charge is 0.378 e. The van der Waals surface area contributed by atoms with Crippen LogP contribution in [0.15, 0.2) is 47.9 Å². The van der Waals surface area contributed by atoms with Crippen molar-refractivity contribution in [2.75, 3.05) is 6.54 Å². The minimum atomic E-state index is -0.0787. The fourth-order valence-corrected chi connectivity index (χ4v) is 1.64. The highest BCUT2D eigenvalue weighted by Crippen LogP contribution is 2.21. The molecule has 0 radical (unpaired) electrons. The van der Waals surface area contributed by atoms with Crippen LogP contribution in [0.3, 0.4) is 0 Å². The average molecular weight is 216 g/mol. The average Bonchev–Trinajstić information content (AvgIpc) is 2.50. The van der Waals surface area contributed by atoms with Crippen molar-refractivity contribution in [1.29, 1.82) is 0 Å². The fourth-order valence-electron chi connectivity index (χ4n) is 1.64. The van der Waals surface area contributed by atoms with E-state index in [1.165, 1.54) is 0 Å². The summed E-state index contributed by atoms with van der Waals surface area (Å²) in [5, 5.41) is 5.58. The van der Waals surface area contributed by atoms with Crippen molar-refractivity contribution in [2.45, 2.75) is 0 Å². The number of carbonyl (C=O) groups is 2. The number of amides is 1. The van der Waals surface area contributed by atoms with Crippen LogP contribution in [0.5, 0.6) is 0 Å². The maximum atomic E-state index is 11.5. The summed E-state index contributed by atoms with van der Waals surface area (Å²) in [6, 6.07) is 0. The Kier molecular flexibility index (Phi) is 3.00. The quantitative estimate of drug-likeness (QED) is 0.672. The van der Waals surface area contributed by atoms with E-state index in [-0.39, 0.29) is 18.4 Å². The highest BCUT2D eigenvalue weighted by molar-refractivity contribution is 5.96. The van der Waals surface area contributed by atoms with E-state index >= 15 is 0 Å². The van der Waals surface area contributed by atoms with Gasteiger partial charge in [-0.05, 0) is 12.2 Å². The second-order valence-electron chi connectivity index (χ2n) is 3.51.